The minimum atomic E-state index is -1.35. The summed E-state index contributed by atoms with van der Waals surface area (Å²) in [5, 5.41) is 17.9. The number of carboxylic acids is 1. The van der Waals surface area contributed by atoms with Crippen LogP contribution < -0.4 is 4.74 Å². The molecule has 2 N–H and O–H groups in total. The van der Waals surface area contributed by atoms with Gasteiger partial charge in [0.25, 0.3) is 0 Å². The number of aliphatic hydroxyl groups is 1. The van der Waals surface area contributed by atoms with Crippen molar-refractivity contribution in [3.05, 3.63) is 29.8 Å². The lowest BCUT2D eigenvalue weighted by Gasteiger charge is -2.08. The molecule has 1 unspecified atom stereocenters. The summed E-state index contributed by atoms with van der Waals surface area (Å²) in [7, 11) is 0. The van der Waals surface area contributed by atoms with E-state index in [1.807, 2.05) is 12.1 Å². The topological polar surface area (TPSA) is 66.8 Å². The number of hydrogen-bond acceptors (Lipinski definition) is 3. The van der Waals surface area contributed by atoms with E-state index in [1.54, 1.807) is 12.1 Å². The zero-order valence-corrected chi connectivity index (χ0v) is 11.3. The highest BCUT2D eigenvalue weighted by atomic mass is 16.5. The van der Waals surface area contributed by atoms with Gasteiger partial charge in [0.2, 0.25) is 0 Å². The first-order valence-corrected chi connectivity index (χ1v) is 6.76. The van der Waals surface area contributed by atoms with E-state index >= 15 is 0 Å². The summed E-state index contributed by atoms with van der Waals surface area (Å²) < 4.78 is 5.58. The van der Waals surface area contributed by atoms with Crippen molar-refractivity contribution in [1.29, 1.82) is 0 Å². The number of ether oxygens (including phenoxy) is 1. The van der Waals surface area contributed by atoms with Crippen LogP contribution in [0.1, 0.15) is 38.2 Å². The summed E-state index contributed by atoms with van der Waals surface area (Å²) in [5.41, 5.74) is 0.785. The van der Waals surface area contributed by atoms with Crippen molar-refractivity contribution < 1.29 is 19.7 Å². The van der Waals surface area contributed by atoms with Crippen molar-refractivity contribution in [2.45, 2.75) is 45.1 Å². The molecule has 0 bridgehead atoms. The molecule has 0 amide bonds. The Morgan fingerprint density at radius 1 is 1.21 bits per heavy atom. The average molecular weight is 266 g/mol. The summed E-state index contributed by atoms with van der Waals surface area (Å²) in [5.74, 6) is -0.415. The number of carbonyl (C=O) groups is 1. The lowest BCUT2D eigenvalue weighted by molar-refractivity contribution is -0.146. The first-order chi connectivity index (χ1) is 9.13. The number of carboxylic acid groups (broad SMARTS) is 1. The molecular weight excluding hydrogens is 244 g/mol. The highest BCUT2D eigenvalue weighted by molar-refractivity contribution is 5.72. The maximum absolute atomic E-state index is 10.5. The number of aliphatic hydroxyl groups excluding tert-OH is 1. The number of benzene rings is 1. The van der Waals surface area contributed by atoms with Crippen LogP contribution in [-0.4, -0.2) is 28.9 Å². The zero-order chi connectivity index (χ0) is 14.1. The Kier molecular flexibility index (Phi) is 6.97. The predicted molar refractivity (Wildman–Crippen MR) is 73.4 cm³/mol. The molecule has 4 heteroatoms. The van der Waals surface area contributed by atoms with E-state index in [4.69, 9.17) is 9.84 Å². The Bertz CT molecular complexity index is 372. The van der Waals surface area contributed by atoms with Crippen LogP contribution in [0.3, 0.4) is 0 Å². The number of aliphatic carboxylic acids is 1. The maximum atomic E-state index is 10.5. The van der Waals surface area contributed by atoms with Crippen molar-refractivity contribution in [2.75, 3.05) is 6.61 Å². The summed E-state index contributed by atoms with van der Waals surface area (Å²) in [6.45, 7) is 2.88. The lowest BCUT2D eigenvalue weighted by atomic mass is 10.1. The highest BCUT2D eigenvalue weighted by Gasteiger charge is 2.13. The summed E-state index contributed by atoms with van der Waals surface area (Å²) >= 11 is 0. The minimum absolute atomic E-state index is 0.117. The third-order valence-corrected chi connectivity index (χ3v) is 2.90. The van der Waals surface area contributed by atoms with Gasteiger partial charge in [-0.3, -0.25) is 0 Å². The third kappa shape index (κ3) is 6.25. The molecule has 106 valence electrons. The quantitative estimate of drug-likeness (QED) is 0.674. The van der Waals surface area contributed by atoms with Gasteiger partial charge in [-0.2, -0.15) is 0 Å². The van der Waals surface area contributed by atoms with Gasteiger partial charge in [-0.15, -0.1) is 0 Å². The third-order valence-electron chi connectivity index (χ3n) is 2.90. The van der Waals surface area contributed by atoms with Crippen LogP contribution in [0.4, 0.5) is 0 Å². The van der Waals surface area contributed by atoms with E-state index in [9.17, 15) is 9.90 Å². The van der Waals surface area contributed by atoms with E-state index < -0.39 is 12.1 Å². The fraction of sp³-hybridized carbons (Fsp3) is 0.533. The molecule has 0 aliphatic heterocycles. The predicted octanol–water partition coefficient (Wildman–Crippen LogP) is 2.63. The molecule has 4 nitrogen and oxygen atoms in total. The molecule has 1 atom stereocenters. The fourth-order valence-corrected chi connectivity index (χ4v) is 1.75. The van der Waals surface area contributed by atoms with E-state index in [1.165, 1.54) is 19.3 Å². The second-order valence-electron chi connectivity index (χ2n) is 4.61. The molecule has 0 aliphatic carbocycles. The van der Waals surface area contributed by atoms with Gasteiger partial charge in [0.05, 0.1) is 6.61 Å². The number of rotatable bonds is 9. The van der Waals surface area contributed by atoms with Gasteiger partial charge in [0.15, 0.2) is 6.10 Å². The first kappa shape index (κ1) is 15.5. The van der Waals surface area contributed by atoms with Crippen molar-refractivity contribution in [3.8, 4) is 5.75 Å². The van der Waals surface area contributed by atoms with Gasteiger partial charge in [-0.25, -0.2) is 4.79 Å². The molecule has 0 fully saturated rings. The standard InChI is InChI=1S/C15H22O4/c1-2-3-4-5-10-19-13-8-6-12(7-9-13)11-14(16)15(17)18/h6-9,14,16H,2-5,10-11H2,1H3,(H,17,18). The number of unbranched alkanes of at least 4 members (excludes halogenated alkanes) is 3. The van der Waals surface area contributed by atoms with Gasteiger partial charge in [0, 0.05) is 6.42 Å². The molecule has 1 aromatic rings. The number of hydrogen-bond donors (Lipinski definition) is 2. The molecule has 1 rings (SSSR count). The van der Waals surface area contributed by atoms with Gasteiger partial charge >= 0.3 is 5.97 Å². The maximum Gasteiger partial charge on any atom is 0.332 e. The molecule has 0 saturated heterocycles. The van der Waals surface area contributed by atoms with E-state index in [0.717, 1.165) is 17.7 Å². The molecule has 1 aromatic carbocycles. The summed E-state index contributed by atoms with van der Waals surface area (Å²) in [6, 6.07) is 7.19. The van der Waals surface area contributed by atoms with Crippen LogP contribution in [0, 0.1) is 0 Å². The van der Waals surface area contributed by atoms with Gasteiger partial charge < -0.3 is 14.9 Å². The Morgan fingerprint density at radius 3 is 2.47 bits per heavy atom. The van der Waals surface area contributed by atoms with Gasteiger partial charge in [-0.05, 0) is 24.1 Å². The molecule has 19 heavy (non-hydrogen) atoms. The molecule has 0 spiro atoms. The van der Waals surface area contributed by atoms with Crippen LogP contribution in [0.15, 0.2) is 24.3 Å². The molecule has 0 aromatic heterocycles. The average Bonchev–Trinajstić information content (AvgIpc) is 2.40. The van der Waals surface area contributed by atoms with Crippen LogP contribution in [0.25, 0.3) is 0 Å². The summed E-state index contributed by atoms with van der Waals surface area (Å²) in [4.78, 5) is 10.5. The Hall–Kier alpha value is -1.55. The largest absolute Gasteiger partial charge is 0.494 e. The Labute approximate surface area is 114 Å². The van der Waals surface area contributed by atoms with Gasteiger partial charge in [0.1, 0.15) is 5.75 Å². The van der Waals surface area contributed by atoms with Crippen LogP contribution >= 0.6 is 0 Å². The lowest BCUT2D eigenvalue weighted by Crippen LogP contribution is -2.21. The van der Waals surface area contributed by atoms with E-state index in [0.29, 0.717) is 6.61 Å². The molecule has 0 radical (unpaired) electrons. The van der Waals surface area contributed by atoms with Crippen LogP contribution in [0.2, 0.25) is 0 Å². The first-order valence-electron chi connectivity index (χ1n) is 6.76. The fourth-order valence-electron chi connectivity index (χ4n) is 1.75. The van der Waals surface area contributed by atoms with Crippen molar-refractivity contribution >= 4 is 5.97 Å². The van der Waals surface area contributed by atoms with Crippen molar-refractivity contribution in [2.24, 2.45) is 0 Å². The van der Waals surface area contributed by atoms with Crippen molar-refractivity contribution in [3.63, 3.8) is 0 Å². The van der Waals surface area contributed by atoms with E-state index in [-0.39, 0.29) is 6.42 Å². The molecular formula is C15H22O4. The molecule has 0 saturated carbocycles. The van der Waals surface area contributed by atoms with Crippen molar-refractivity contribution in [1.82, 2.24) is 0 Å². The highest BCUT2D eigenvalue weighted by Crippen LogP contribution is 2.14. The monoisotopic (exact) mass is 266 g/mol. The second-order valence-corrected chi connectivity index (χ2v) is 4.61. The summed E-state index contributed by atoms with van der Waals surface area (Å²) in [6.07, 6.45) is 3.44. The second kappa shape index (κ2) is 8.53. The molecule has 0 aliphatic rings. The van der Waals surface area contributed by atoms with Crippen LogP contribution in [0.5, 0.6) is 5.75 Å². The minimum Gasteiger partial charge on any atom is -0.494 e. The smallest absolute Gasteiger partial charge is 0.332 e. The Balaban J connectivity index is 2.33. The Morgan fingerprint density at radius 2 is 1.89 bits per heavy atom. The SMILES string of the molecule is CCCCCCOc1ccc(CC(O)C(=O)O)cc1. The van der Waals surface area contributed by atoms with Gasteiger partial charge in [-0.1, -0.05) is 38.3 Å². The van der Waals surface area contributed by atoms with Crippen LogP contribution in [-0.2, 0) is 11.2 Å². The van der Waals surface area contributed by atoms with E-state index in [2.05, 4.69) is 6.92 Å². The molecule has 0 heterocycles. The normalized spacial score (nSPS) is 12.1. The zero-order valence-electron chi connectivity index (χ0n) is 11.3.